The highest BCUT2D eigenvalue weighted by Crippen LogP contribution is 2.13. The van der Waals surface area contributed by atoms with E-state index in [1.807, 2.05) is 30.0 Å². The smallest absolute Gasteiger partial charge is 0.254 e. The molecule has 1 fully saturated rings. The van der Waals surface area contributed by atoms with Gasteiger partial charge in [0, 0.05) is 24.1 Å². The predicted molar refractivity (Wildman–Crippen MR) is 76.3 cm³/mol. The SMILES string of the molecule is CC1COCCN1C(=O)c1cccc(C#CCCO)c1. The summed E-state index contributed by atoms with van der Waals surface area (Å²) >= 11 is 0. The van der Waals surface area contributed by atoms with Crippen LogP contribution in [0.3, 0.4) is 0 Å². The Balaban J connectivity index is 2.14. The summed E-state index contributed by atoms with van der Waals surface area (Å²) in [5, 5.41) is 8.71. The van der Waals surface area contributed by atoms with Crippen molar-refractivity contribution in [2.45, 2.75) is 19.4 Å². The van der Waals surface area contributed by atoms with Gasteiger partial charge in [-0.2, -0.15) is 0 Å². The molecule has 1 N–H and O–H groups in total. The van der Waals surface area contributed by atoms with E-state index in [0.29, 0.717) is 31.7 Å². The van der Waals surface area contributed by atoms with Crippen LogP contribution in [-0.4, -0.2) is 48.3 Å². The van der Waals surface area contributed by atoms with Crippen LogP contribution in [0.2, 0.25) is 0 Å². The monoisotopic (exact) mass is 273 g/mol. The Morgan fingerprint density at radius 2 is 2.40 bits per heavy atom. The number of aliphatic hydroxyl groups excluding tert-OH is 1. The predicted octanol–water partition coefficient (Wildman–Crippen LogP) is 1.28. The topological polar surface area (TPSA) is 49.8 Å². The maximum atomic E-state index is 12.5. The van der Waals surface area contributed by atoms with E-state index < -0.39 is 0 Å². The zero-order valence-corrected chi connectivity index (χ0v) is 11.6. The molecule has 1 amide bonds. The lowest BCUT2D eigenvalue weighted by molar-refractivity contribution is 0.00359. The molecule has 0 saturated carbocycles. The highest BCUT2D eigenvalue weighted by Gasteiger charge is 2.24. The summed E-state index contributed by atoms with van der Waals surface area (Å²) in [6, 6.07) is 7.40. The number of rotatable bonds is 2. The zero-order chi connectivity index (χ0) is 14.4. The summed E-state index contributed by atoms with van der Waals surface area (Å²) in [6.07, 6.45) is 0.443. The van der Waals surface area contributed by atoms with E-state index in [0.717, 1.165) is 5.56 Å². The number of amides is 1. The first-order valence-corrected chi connectivity index (χ1v) is 6.81. The average molecular weight is 273 g/mol. The van der Waals surface area contributed by atoms with Crippen LogP contribution in [-0.2, 0) is 4.74 Å². The number of hydrogen-bond acceptors (Lipinski definition) is 3. The van der Waals surface area contributed by atoms with Gasteiger partial charge in [0.1, 0.15) is 0 Å². The number of ether oxygens (including phenoxy) is 1. The van der Waals surface area contributed by atoms with Gasteiger partial charge in [-0.3, -0.25) is 4.79 Å². The molecule has 0 radical (unpaired) electrons. The Kier molecular flexibility index (Phi) is 5.16. The maximum absolute atomic E-state index is 12.5. The number of nitrogens with zero attached hydrogens (tertiary/aromatic N) is 1. The van der Waals surface area contributed by atoms with E-state index in [9.17, 15) is 4.79 Å². The van der Waals surface area contributed by atoms with Crippen LogP contribution in [0, 0.1) is 11.8 Å². The van der Waals surface area contributed by atoms with E-state index in [2.05, 4.69) is 11.8 Å². The summed E-state index contributed by atoms with van der Waals surface area (Å²) in [6.45, 7) is 3.84. The first kappa shape index (κ1) is 14.6. The van der Waals surface area contributed by atoms with Crippen molar-refractivity contribution in [2.24, 2.45) is 0 Å². The van der Waals surface area contributed by atoms with Crippen molar-refractivity contribution in [1.29, 1.82) is 0 Å². The molecule has 4 nitrogen and oxygen atoms in total. The molecular formula is C16H19NO3. The van der Waals surface area contributed by atoms with Gasteiger partial charge in [-0.25, -0.2) is 0 Å². The summed E-state index contributed by atoms with van der Waals surface area (Å²) in [4.78, 5) is 14.3. The highest BCUT2D eigenvalue weighted by molar-refractivity contribution is 5.94. The summed E-state index contributed by atoms with van der Waals surface area (Å²) in [7, 11) is 0. The van der Waals surface area contributed by atoms with Crippen molar-refractivity contribution in [3.63, 3.8) is 0 Å². The third kappa shape index (κ3) is 3.60. The number of aliphatic hydroxyl groups is 1. The van der Waals surface area contributed by atoms with Gasteiger partial charge in [0.25, 0.3) is 5.91 Å². The lowest BCUT2D eigenvalue weighted by Crippen LogP contribution is -2.47. The molecule has 1 aliphatic heterocycles. The molecule has 1 unspecified atom stereocenters. The lowest BCUT2D eigenvalue weighted by Gasteiger charge is -2.33. The number of morpholine rings is 1. The average Bonchev–Trinajstić information content (AvgIpc) is 2.48. The summed E-state index contributed by atoms with van der Waals surface area (Å²) in [5.74, 6) is 5.83. The zero-order valence-electron chi connectivity index (χ0n) is 11.6. The Bertz CT molecular complexity index is 530. The molecule has 1 heterocycles. The minimum atomic E-state index is 0.0200. The Hall–Kier alpha value is -1.83. The second-order valence-electron chi connectivity index (χ2n) is 4.78. The molecule has 0 aromatic heterocycles. The van der Waals surface area contributed by atoms with Crippen molar-refractivity contribution in [1.82, 2.24) is 4.90 Å². The molecule has 2 rings (SSSR count). The molecular weight excluding hydrogens is 254 g/mol. The molecule has 0 bridgehead atoms. The molecule has 1 aromatic rings. The highest BCUT2D eigenvalue weighted by atomic mass is 16.5. The molecule has 0 spiro atoms. The normalized spacial score (nSPS) is 18.3. The quantitative estimate of drug-likeness (QED) is 0.826. The lowest BCUT2D eigenvalue weighted by atomic mass is 10.1. The van der Waals surface area contributed by atoms with Crippen molar-refractivity contribution >= 4 is 5.91 Å². The van der Waals surface area contributed by atoms with Crippen LogP contribution in [0.5, 0.6) is 0 Å². The van der Waals surface area contributed by atoms with Gasteiger partial charge >= 0.3 is 0 Å². The van der Waals surface area contributed by atoms with E-state index >= 15 is 0 Å². The Morgan fingerprint density at radius 1 is 1.55 bits per heavy atom. The van der Waals surface area contributed by atoms with Crippen LogP contribution >= 0.6 is 0 Å². The van der Waals surface area contributed by atoms with Crippen molar-refractivity contribution < 1.29 is 14.6 Å². The van der Waals surface area contributed by atoms with E-state index in [-0.39, 0.29) is 18.6 Å². The maximum Gasteiger partial charge on any atom is 0.254 e. The van der Waals surface area contributed by atoms with E-state index in [1.165, 1.54) is 0 Å². The van der Waals surface area contributed by atoms with Crippen LogP contribution in [0.1, 0.15) is 29.3 Å². The summed E-state index contributed by atoms with van der Waals surface area (Å²) < 4.78 is 5.35. The van der Waals surface area contributed by atoms with Crippen molar-refractivity contribution in [3.8, 4) is 11.8 Å². The van der Waals surface area contributed by atoms with Gasteiger partial charge in [-0.15, -0.1) is 0 Å². The number of carbonyl (C=O) groups is 1. The summed E-state index contributed by atoms with van der Waals surface area (Å²) in [5.41, 5.74) is 1.44. The van der Waals surface area contributed by atoms with E-state index in [1.54, 1.807) is 6.07 Å². The fourth-order valence-electron chi connectivity index (χ4n) is 2.15. The van der Waals surface area contributed by atoms with Gasteiger partial charge in [0.05, 0.1) is 25.9 Å². The first-order chi connectivity index (χ1) is 9.72. The molecule has 20 heavy (non-hydrogen) atoms. The van der Waals surface area contributed by atoms with Gasteiger partial charge < -0.3 is 14.7 Å². The molecule has 1 aliphatic rings. The molecule has 1 atom stereocenters. The van der Waals surface area contributed by atoms with Crippen molar-refractivity contribution in [3.05, 3.63) is 35.4 Å². The molecule has 1 saturated heterocycles. The van der Waals surface area contributed by atoms with Crippen LogP contribution in [0.4, 0.5) is 0 Å². The van der Waals surface area contributed by atoms with Crippen molar-refractivity contribution in [2.75, 3.05) is 26.4 Å². The van der Waals surface area contributed by atoms with Crippen LogP contribution < -0.4 is 0 Å². The van der Waals surface area contributed by atoms with Gasteiger partial charge in [-0.1, -0.05) is 17.9 Å². The van der Waals surface area contributed by atoms with E-state index in [4.69, 9.17) is 9.84 Å². The van der Waals surface area contributed by atoms with Gasteiger partial charge in [0.15, 0.2) is 0 Å². The molecule has 106 valence electrons. The number of carbonyl (C=O) groups excluding carboxylic acids is 1. The standard InChI is InChI=1S/C16H19NO3/c1-13-12-20-10-8-17(13)16(19)15-7-4-6-14(11-15)5-2-3-9-18/h4,6-7,11,13,18H,3,8-10,12H2,1H3. The second kappa shape index (κ2) is 7.09. The minimum absolute atomic E-state index is 0.0200. The van der Waals surface area contributed by atoms with Crippen LogP contribution in [0.25, 0.3) is 0 Å². The molecule has 4 heteroatoms. The first-order valence-electron chi connectivity index (χ1n) is 6.81. The molecule has 0 aliphatic carbocycles. The van der Waals surface area contributed by atoms with Crippen LogP contribution in [0.15, 0.2) is 24.3 Å². The van der Waals surface area contributed by atoms with Gasteiger partial charge in [-0.05, 0) is 25.1 Å². The second-order valence-corrected chi connectivity index (χ2v) is 4.78. The largest absolute Gasteiger partial charge is 0.395 e. The Labute approximate surface area is 119 Å². The third-order valence-electron chi connectivity index (χ3n) is 3.21. The van der Waals surface area contributed by atoms with Gasteiger partial charge in [0.2, 0.25) is 0 Å². The number of hydrogen-bond donors (Lipinski definition) is 1. The minimum Gasteiger partial charge on any atom is -0.395 e. The fraction of sp³-hybridized carbons (Fsp3) is 0.438. The molecule has 1 aromatic carbocycles. The number of benzene rings is 1. The Morgan fingerprint density at radius 3 is 3.15 bits per heavy atom. The third-order valence-corrected chi connectivity index (χ3v) is 3.21. The fourth-order valence-corrected chi connectivity index (χ4v) is 2.15.